The molecule has 0 spiro atoms. The molecule has 0 fully saturated rings. The highest BCUT2D eigenvalue weighted by Gasteiger charge is 2.17. The predicted molar refractivity (Wildman–Crippen MR) is 70.9 cm³/mol. The van der Waals surface area contributed by atoms with Crippen LogP contribution in [0.15, 0.2) is 30.3 Å². The molecule has 0 saturated heterocycles. The van der Waals surface area contributed by atoms with Crippen molar-refractivity contribution in [1.82, 2.24) is 9.97 Å². The van der Waals surface area contributed by atoms with Crippen LogP contribution in [0.25, 0.3) is 0 Å². The molecular formula is C13H13ClN2O3. The lowest BCUT2D eigenvalue weighted by atomic mass is 10.2. The first kappa shape index (κ1) is 13.4. The summed E-state index contributed by atoms with van der Waals surface area (Å²) in [6.07, 6.45) is 0. The van der Waals surface area contributed by atoms with Gasteiger partial charge in [0, 0.05) is 0 Å². The van der Waals surface area contributed by atoms with Crippen LogP contribution in [0.1, 0.15) is 5.56 Å². The molecule has 1 heterocycles. The van der Waals surface area contributed by atoms with Crippen molar-refractivity contribution < 1.29 is 14.2 Å². The SMILES string of the molecule is COc1nc(Cl)nc(OC)c1OCc1ccccc1. The summed E-state index contributed by atoms with van der Waals surface area (Å²) in [6.45, 7) is 0.360. The molecule has 0 radical (unpaired) electrons. The van der Waals surface area contributed by atoms with Crippen LogP contribution in [-0.4, -0.2) is 24.2 Å². The number of aromatic nitrogens is 2. The van der Waals surface area contributed by atoms with E-state index in [-0.39, 0.29) is 17.0 Å². The molecule has 0 aliphatic carbocycles. The molecule has 0 bridgehead atoms. The van der Waals surface area contributed by atoms with Crippen molar-refractivity contribution in [3.05, 3.63) is 41.2 Å². The summed E-state index contributed by atoms with van der Waals surface area (Å²) in [5, 5.41) is 0.0424. The van der Waals surface area contributed by atoms with Gasteiger partial charge in [-0.3, -0.25) is 0 Å². The highest BCUT2D eigenvalue weighted by atomic mass is 35.5. The van der Waals surface area contributed by atoms with Crippen molar-refractivity contribution >= 4 is 11.6 Å². The van der Waals surface area contributed by atoms with Crippen molar-refractivity contribution in [2.75, 3.05) is 14.2 Å². The third kappa shape index (κ3) is 3.26. The zero-order valence-corrected chi connectivity index (χ0v) is 11.3. The van der Waals surface area contributed by atoms with Gasteiger partial charge in [-0.05, 0) is 17.2 Å². The smallest absolute Gasteiger partial charge is 0.265 e. The fourth-order valence-electron chi connectivity index (χ4n) is 1.52. The summed E-state index contributed by atoms with van der Waals surface area (Å²) in [6, 6.07) is 9.72. The molecule has 1 aromatic carbocycles. The van der Waals surface area contributed by atoms with Gasteiger partial charge in [0.15, 0.2) is 0 Å². The minimum Gasteiger partial charge on any atom is -0.479 e. The second-order valence-corrected chi connectivity index (χ2v) is 3.95. The van der Waals surface area contributed by atoms with E-state index in [1.54, 1.807) is 0 Å². The Morgan fingerprint density at radius 1 is 1.00 bits per heavy atom. The average Bonchev–Trinajstić information content (AvgIpc) is 2.46. The molecule has 1 aromatic heterocycles. The van der Waals surface area contributed by atoms with Crippen LogP contribution in [0.5, 0.6) is 17.5 Å². The third-order valence-corrected chi connectivity index (χ3v) is 2.56. The molecule has 0 saturated carbocycles. The predicted octanol–water partition coefficient (Wildman–Crippen LogP) is 2.73. The van der Waals surface area contributed by atoms with Crippen LogP contribution < -0.4 is 14.2 Å². The average molecular weight is 281 g/mol. The van der Waals surface area contributed by atoms with Crippen molar-refractivity contribution in [2.24, 2.45) is 0 Å². The van der Waals surface area contributed by atoms with Crippen molar-refractivity contribution in [3.8, 4) is 17.5 Å². The molecule has 5 nitrogen and oxygen atoms in total. The summed E-state index contributed by atoms with van der Waals surface area (Å²) >= 11 is 5.76. The number of methoxy groups -OCH3 is 2. The Labute approximate surface area is 116 Å². The Bertz CT molecular complexity index is 524. The fraction of sp³-hybridized carbons (Fsp3) is 0.231. The maximum absolute atomic E-state index is 5.76. The zero-order chi connectivity index (χ0) is 13.7. The quantitative estimate of drug-likeness (QED) is 0.788. The zero-order valence-electron chi connectivity index (χ0n) is 10.6. The van der Waals surface area contributed by atoms with Gasteiger partial charge in [-0.25, -0.2) is 0 Å². The lowest BCUT2D eigenvalue weighted by Crippen LogP contribution is -2.03. The molecule has 0 aliphatic rings. The molecular weight excluding hydrogens is 268 g/mol. The summed E-state index contributed by atoms with van der Waals surface area (Å²) in [5.74, 6) is 0.818. The summed E-state index contributed by atoms with van der Waals surface area (Å²) in [4.78, 5) is 7.88. The van der Waals surface area contributed by atoms with Crippen molar-refractivity contribution in [1.29, 1.82) is 0 Å². The highest BCUT2D eigenvalue weighted by molar-refractivity contribution is 6.28. The van der Waals surface area contributed by atoms with E-state index in [2.05, 4.69) is 9.97 Å². The van der Waals surface area contributed by atoms with Gasteiger partial charge in [-0.2, -0.15) is 9.97 Å². The first-order valence-corrected chi connectivity index (χ1v) is 5.94. The molecule has 0 amide bonds. The highest BCUT2D eigenvalue weighted by Crippen LogP contribution is 2.35. The molecule has 2 rings (SSSR count). The molecule has 6 heteroatoms. The lowest BCUT2D eigenvalue weighted by molar-refractivity contribution is 0.256. The van der Waals surface area contributed by atoms with Gasteiger partial charge < -0.3 is 14.2 Å². The second-order valence-electron chi connectivity index (χ2n) is 3.61. The van der Waals surface area contributed by atoms with Crippen molar-refractivity contribution in [2.45, 2.75) is 6.61 Å². The van der Waals surface area contributed by atoms with Crippen LogP contribution in [0.4, 0.5) is 0 Å². The Morgan fingerprint density at radius 3 is 2.11 bits per heavy atom. The monoisotopic (exact) mass is 280 g/mol. The molecule has 0 atom stereocenters. The van der Waals surface area contributed by atoms with E-state index < -0.39 is 0 Å². The van der Waals surface area contributed by atoms with E-state index in [0.717, 1.165) is 5.56 Å². The Kier molecular flexibility index (Phi) is 4.41. The Morgan fingerprint density at radius 2 is 1.58 bits per heavy atom. The normalized spacial score (nSPS) is 10.1. The Hall–Kier alpha value is -2.01. The number of hydrogen-bond acceptors (Lipinski definition) is 5. The molecule has 0 N–H and O–H groups in total. The van der Waals surface area contributed by atoms with Crippen molar-refractivity contribution in [3.63, 3.8) is 0 Å². The number of rotatable bonds is 5. The van der Waals surface area contributed by atoms with Crippen LogP contribution >= 0.6 is 11.6 Å². The largest absolute Gasteiger partial charge is 0.479 e. The van der Waals surface area contributed by atoms with Gasteiger partial charge in [0.05, 0.1) is 14.2 Å². The van der Waals surface area contributed by atoms with E-state index in [9.17, 15) is 0 Å². The molecule has 0 unspecified atom stereocenters. The summed E-state index contributed by atoms with van der Waals surface area (Å²) in [7, 11) is 2.96. The van der Waals surface area contributed by atoms with Crippen LogP contribution in [0, 0.1) is 0 Å². The van der Waals surface area contributed by atoms with E-state index in [0.29, 0.717) is 12.4 Å². The lowest BCUT2D eigenvalue weighted by Gasteiger charge is -2.12. The van der Waals surface area contributed by atoms with Crippen LogP contribution in [0.3, 0.4) is 0 Å². The van der Waals surface area contributed by atoms with Crippen LogP contribution in [0.2, 0.25) is 5.28 Å². The number of halogens is 1. The molecule has 0 aliphatic heterocycles. The molecule has 100 valence electrons. The van der Waals surface area contributed by atoms with Gasteiger partial charge in [-0.1, -0.05) is 30.3 Å². The van der Waals surface area contributed by atoms with E-state index in [4.69, 9.17) is 25.8 Å². The number of nitrogens with zero attached hydrogens (tertiary/aromatic N) is 2. The van der Waals surface area contributed by atoms with Gasteiger partial charge in [0.25, 0.3) is 11.8 Å². The van der Waals surface area contributed by atoms with E-state index in [1.165, 1.54) is 14.2 Å². The standard InChI is InChI=1S/C13H13ClN2O3/c1-17-11-10(12(18-2)16-13(14)15-11)19-8-9-6-4-3-5-7-9/h3-7H,8H2,1-2H3. The Balaban J connectivity index is 2.23. The maximum atomic E-state index is 5.76. The molecule has 2 aromatic rings. The summed E-state index contributed by atoms with van der Waals surface area (Å²) < 4.78 is 15.9. The third-order valence-electron chi connectivity index (χ3n) is 2.39. The van der Waals surface area contributed by atoms with Gasteiger partial charge in [0.1, 0.15) is 6.61 Å². The van der Waals surface area contributed by atoms with Gasteiger partial charge in [0.2, 0.25) is 11.0 Å². The maximum Gasteiger partial charge on any atom is 0.265 e. The molecule has 19 heavy (non-hydrogen) atoms. The van der Waals surface area contributed by atoms with E-state index in [1.807, 2.05) is 30.3 Å². The number of ether oxygens (including phenoxy) is 3. The summed E-state index contributed by atoms with van der Waals surface area (Å²) in [5.41, 5.74) is 1.02. The van der Waals surface area contributed by atoms with Gasteiger partial charge >= 0.3 is 0 Å². The number of benzene rings is 1. The van der Waals surface area contributed by atoms with Gasteiger partial charge in [-0.15, -0.1) is 0 Å². The minimum absolute atomic E-state index is 0.0424. The second kappa shape index (κ2) is 6.24. The van der Waals surface area contributed by atoms with E-state index >= 15 is 0 Å². The first-order valence-electron chi connectivity index (χ1n) is 5.57. The fourth-order valence-corrected chi connectivity index (χ4v) is 1.67. The topological polar surface area (TPSA) is 53.5 Å². The number of hydrogen-bond donors (Lipinski definition) is 0. The first-order chi connectivity index (χ1) is 9.24. The minimum atomic E-state index is 0.0424. The van der Waals surface area contributed by atoms with Crippen LogP contribution in [-0.2, 0) is 6.61 Å².